The van der Waals surface area contributed by atoms with E-state index in [4.69, 9.17) is 19.9 Å². The molecule has 1 unspecified atom stereocenters. The molecule has 8 N–H and O–H groups in total. The number of pyridine rings is 8. The normalized spacial score (nSPS) is 19.5. The van der Waals surface area contributed by atoms with Gasteiger partial charge in [0.25, 0.3) is 0 Å². The molecule has 12 aromatic heterocycles. The first-order valence-electron chi connectivity index (χ1n) is 40.3. The van der Waals surface area contributed by atoms with E-state index < -0.39 is 0 Å². The van der Waals surface area contributed by atoms with Crippen LogP contribution in [0.4, 0.5) is 23.3 Å². The lowest BCUT2D eigenvalue weighted by Crippen LogP contribution is -2.57. The molecule has 586 valence electrons. The summed E-state index contributed by atoms with van der Waals surface area (Å²) in [5.74, 6) is 6.16. The molecule has 1 aromatic carbocycles. The number of hydrogen-bond donors (Lipinski definition) is 8. The van der Waals surface area contributed by atoms with Gasteiger partial charge in [0.05, 0.1) is 45.6 Å². The molecule has 0 amide bonds. The summed E-state index contributed by atoms with van der Waals surface area (Å²) in [5.41, 5.74) is 12.9. The van der Waals surface area contributed by atoms with Crippen LogP contribution in [0, 0.1) is 24.7 Å². The lowest BCUT2D eigenvalue weighted by atomic mass is 9.98. The summed E-state index contributed by atoms with van der Waals surface area (Å²) >= 11 is 0. The minimum Gasteiger partial charge on any atom is -0.353 e. The fourth-order valence-corrected chi connectivity index (χ4v) is 16.3. The zero-order valence-corrected chi connectivity index (χ0v) is 66.1. The van der Waals surface area contributed by atoms with Gasteiger partial charge in [0, 0.05) is 153 Å². The first-order valence-corrected chi connectivity index (χ1v) is 40.3. The van der Waals surface area contributed by atoms with Crippen LogP contribution >= 0.6 is 0 Å². The maximum atomic E-state index is 5.00. The van der Waals surface area contributed by atoms with E-state index in [1.165, 1.54) is 56.1 Å². The predicted molar refractivity (Wildman–Crippen MR) is 458 cm³/mol. The molecule has 16 heterocycles. The molecule has 24 nitrogen and oxygen atoms in total. The number of aromatic nitrogens is 16. The molecular formula is C87H118N24. The summed E-state index contributed by atoms with van der Waals surface area (Å²) in [4.78, 5) is 46.8. The summed E-state index contributed by atoms with van der Waals surface area (Å²) in [7, 11) is 0. The second-order valence-electron chi connectivity index (χ2n) is 31.6. The number of H-pyrrole nitrogens is 4. The monoisotopic (exact) mass is 1500 g/mol. The van der Waals surface area contributed by atoms with Gasteiger partial charge in [-0.25, -0.2) is 39.9 Å². The molecule has 13 aromatic rings. The van der Waals surface area contributed by atoms with E-state index in [2.05, 4.69) is 244 Å². The van der Waals surface area contributed by atoms with Gasteiger partial charge in [-0.1, -0.05) is 129 Å². The zero-order chi connectivity index (χ0) is 76.7. The van der Waals surface area contributed by atoms with E-state index in [-0.39, 0.29) is 5.71 Å². The van der Waals surface area contributed by atoms with Gasteiger partial charge in [-0.05, 0) is 166 Å². The van der Waals surface area contributed by atoms with E-state index >= 15 is 0 Å². The molecule has 17 rings (SSSR count). The first-order chi connectivity index (χ1) is 54.2. The van der Waals surface area contributed by atoms with Gasteiger partial charge in [0.2, 0.25) is 0 Å². The molecule has 0 radical (unpaired) electrons. The van der Waals surface area contributed by atoms with Crippen LogP contribution in [-0.4, -0.2) is 176 Å². The maximum absolute atomic E-state index is 5.00. The lowest BCUT2D eigenvalue weighted by molar-refractivity contribution is 0.317. The number of benzene rings is 1. The highest BCUT2D eigenvalue weighted by Gasteiger charge is 2.32. The zero-order valence-electron chi connectivity index (χ0n) is 66.1. The van der Waals surface area contributed by atoms with Crippen molar-refractivity contribution < 1.29 is 5.71 Å². The highest BCUT2D eigenvalue weighted by molar-refractivity contribution is 5.92. The number of rotatable bonds is 20. The van der Waals surface area contributed by atoms with Crippen molar-refractivity contribution in [3.63, 3.8) is 0 Å². The number of hydrogen-bond acceptors (Lipinski definition) is 20. The Morgan fingerprint density at radius 1 is 0.378 bits per heavy atom. The summed E-state index contributed by atoms with van der Waals surface area (Å²) in [5, 5.41) is 48.9. The molecule has 0 bridgehead atoms. The van der Waals surface area contributed by atoms with Crippen LogP contribution in [-0.2, 0) is 0 Å². The number of aromatic amines is 4. The molecule has 111 heavy (non-hydrogen) atoms. The van der Waals surface area contributed by atoms with Crippen molar-refractivity contribution in [1.82, 2.24) is 102 Å². The number of nitrogens with one attached hydrogen (secondary N) is 8. The standard InChI is InChI=1S/C22H22N6.2C22H30N6.C21H28N6.4H2/c1-15-5-2-6-16(13-15)19-14-28(12-11-23-19)20-9-3-8-18(25-20)21-17-7-4-10-24-22(17)27-26-21;2*1-4-7-16-13-28(14-17(24-16)12-15(2)3)20-10-5-9-19(25-20)21-18-8-6-11-23-22(18)27-26-21;1-4-15-12-27(13-16(23-15)11-14(2)3)19-9-5-8-18(24-19)20-17-7-6-10-22-21(17)26-25-20;;;;/h2-10,13,19,23H,11-12,14H2,1H3,(H,24,26,27);2*5-6,8-11,15-17,24H,4,7,12-14H2,1-3H3,(H,23,26,27);5-10,14-16,23H,4,11-13H2,1-3H3,(H,22,25,26);4*1H/t;16-,17+;16-,17-;15-,16+;;;;/m.101..../s1. The summed E-state index contributed by atoms with van der Waals surface area (Å²) in [6.45, 7) is 31.4. The van der Waals surface area contributed by atoms with Gasteiger partial charge in [-0.2, -0.15) is 20.4 Å². The van der Waals surface area contributed by atoms with Crippen LogP contribution in [0.2, 0.25) is 0 Å². The number of piperazine rings is 4. The van der Waals surface area contributed by atoms with Crippen molar-refractivity contribution in [2.24, 2.45) is 17.8 Å². The molecule has 4 fully saturated rings. The molecule has 0 aliphatic carbocycles. The molecule has 0 spiro atoms. The number of fused-ring (bicyclic) bond motifs is 4. The highest BCUT2D eigenvalue weighted by Crippen LogP contribution is 2.33. The minimum absolute atomic E-state index is 0. The van der Waals surface area contributed by atoms with Crippen molar-refractivity contribution in [2.75, 3.05) is 78.5 Å². The SMILES string of the molecule is CCC[C@@H]1CN(c2cccc(-c3[nH]nc4ncccc34)n2)C[C@H](CC(C)C)N1.CCC[C@H]1CN(c2cccc(-c3[nH]nc4ncccc34)n2)C[C@H](CC(C)C)N1.CC[C@@H]1CN(c2cccc(-c3[nH]nc4ncccc34)n2)C[C@H](CC(C)C)N1.Cc1cccc(C2CN(c3cccc(-c4[nH]nc5ncccc45)n3)CCN2)c1.[HH].[HH].[HH].[HH]. The fourth-order valence-electron chi connectivity index (χ4n) is 16.3. The topological polar surface area (TPSA) is 279 Å². The third-order valence-corrected chi connectivity index (χ3v) is 21.3. The van der Waals surface area contributed by atoms with Crippen LogP contribution in [0.15, 0.2) is 170 Å². The smallest absolute Gasteiger partial charge is 0.181 e. The van der Waals surface area contributed by atoms with Crippen LogP contribution in [0.25, 0.3) is 89.7 Å². The van der Waals surface area contributed by atoms with Gasteiger partial charge in [-0.15, -0.1) is 0 Å². The van der Waals surface area contributed by atoms with Crippen LogP contribution in [0.3, 0.4) is 0 Å². The molecule has 4 saturated heterocycles. The lowest BCUT2D eigenvalue weighted by Gasteiger charge is -2.40. The van der Waals surface area contributed by atoms with Crippen molar-refractivity contribution >= 4 is 67.4 Å². The van der Waals surface area contributed by atoms with Crippen molar-refractivity contribution in [3.05, 3.63) is 182 Å². The third kappa shape index (κ3) is 19.2. The van der Waals surface area contributed by atoms with Gasteiger partial charge in [0.15, 0.2) is 22.6 Å². The Bertz CT molecular complexity index is 4990. The van der Waals surface area contributed by atoms with Crippen molar-refractivity contribution in [1.29, 1.82) is 0 Å². The van der Waals surface area contributed by atoms with E-state index in [9.17, 15) is 0 Å². The summed E-state index contributed by atoms with van der Waals surface area (Å²) < 4.78 is 0. The molecule has 24 heteroatoms. The quantitative estimate of drug-likeness (QED) is 0.0352. The van der Waals surface area contributed by atoms with Gasteiger partial charge < -0.3 is 40.9 Å². The van der Waals surface area contributed by atoms with Gasteiger partial charge in [0.1, 0.15) is 23.3 Å². The Hall–Kier alpha value is -10.7. The predicted octanol–water partition coefficient (Wildman–Crippen LogP) is 16.1. The molecule has 0 saturated carbocycles. The Kier molecular flexibility index (Phi) is 25.3. The van der Waals surface area contributed by atoms with E-state index in [0.29, 0.717) is 65.7 Å². The second kappa shape index (κ2) is 36.5. The molecule has 4 aliphatic heterocycles. The molecular weight excluding hydrogens is 1380 g/mol. The van der Waals surface area contributed by atoms with Crippen LogP contribution < -0.4 is 40.9 Å². The van der Waals surface area contributed by atoms with E-state index in [1.54, 1.807) is 24.8 Å². The number of anilines is 4. The van der Waals surface area contributed by atoms with Crippen LogP contribution in [0.1, 0.15) is 137 Å². The van der Waals surface area contributed by atoms with Gasteiger partial charge >= 0.3 is 0 Å². The summed E-state index contributed by atoms with van der Waals surface area (Å²) in [6.07, 6.45) is 16.5. The average Bonchev–Trinajstić information content (AvgIpc) is 1.70. The van der Waals surface area contributed by atoms with Crippen LogP contribution in [0.5, 0.6) is 0 Å². The Morgan fingerprint density at radius 2 is 0.712 bits per heavy atom. The number of nitrogens with zero attached hydrogens (tertiary/aromatic N) is 16. The van der Waals surface area contributed by atoms with E-state index in [1.807, 2.05) is 72.8 Å². The first kappa shape index (κ1) is 77.1. The molecule has 4 aliphatic rings. The number of aryl methyl sites for hydroxylation is 1. The molecule has 7 atom stereocenters. The third-order valence-electron chi connectivity index (χ3n) is 21.3. The van der Waals surface area contributed by atoms with Crippen molar-refractivity contribution in [3.8, 4) is 45.6 Å². The average molecular weight is 1500 g/mol. The maximum Gasteiger partial charge on any atom is 0.181 e. The fraction of sp³-hybridized carbons (Fsp3) is 0.425. The van der Waals surface area contributed by atoms with E-state index in [0.717, 1.165) is 173 Å². The Morgan fingerprint density at radius 3 is 1.05 bits per heavy atom. The highest BCUT2D eigenvalue weighted by atomic mass is 15.3. The second-order valence-corrected chi connectivity index (χ2v) is 31.6. The minimum atomic E-state index is 0. The summed E-state index contributed by atoms with van der Waals surface area (Å²) in [6, 6.07) is 52.9. The van der Waals surface area contributed by atoms with Gasteiger partial charge in [-0.3, -0.25) is 20.4 Å². The largest absolute Gasteiger partial charge is 0.353 e. The Labute approximate surface area is 658 Å². The van der Waals surface area contributed by atoms with Crippen molar-refractivity contribution in [2.45, 2.75) is 163 Å². The Balaban J connectivity index is 0.000000160.